The van der Waals surface area contributed by atoms with Crippen molar-refractivity contribution < 1.29 is 9.32 Å². The van der Waals surface area contributed by atoms with E-state index in [2.05, 4.69) is 31.1 Å². The maximum atomic E-state index is 12.2. The Kier molecular flexibility index (Phi) is 5.51. The van der Waals surface area contributed by atoms with Crippen molar-refractivity contribution in [1.82, 2.24) is 25.1 Å². The maximum Gasteiger partial charge on any atom is 0.224 e. The van der Waals surface area contributed by atoms with Crippen molar-refractivity contribution >= 4 is 23.1 Å². The number of hydrogen-bond donors (Lipinski definition) is 2. The molecule has 4 rings (SSSR count). The van der Waals surface area contributed by atoms with Gasteiger partial charge in [-0.15, -0.1) is 10.2 Å². The zero-order valence-electron chi connectivity index (χ0n) is 16.7. The summed E-state index contributed by atoms with van der Waals surface area (Å²) in [6, 6.07) is 12.9. The summed E-state index contributed by atoms with van der Waals surface area (Å²) in [6.45, 7) is 3.74. The van der Waals surface area contributed by atoms with Crippen molar-refractivity contribution in [2.45, 2.75) is 26.7 Å². The van der Waals surface area contributed by atoms with Gasteiger partial charge in [-0.25, -0.2) is 4.68 Å². The quantitative estimate of drug-likeness (QED) is 0.485. The number of rotatable bonds is 7. The van der Waals surface area contributed by atoms with E-state index in [1.807, 2.05) is 56.3 Å². The van der Waals surface area contributed by atoms with Gasteiger partial charge in [0.1, 0.15) is 5.76 Å². The second-order valence-corrected chi connectivity index (χ2v) is 6.78. The molecule has 0 radical (unpaired) electrons. The van der Waals surface area contributed by atoms with Crippen LogP contribution < -0.4 is 10.6 Å². The molecule has 9 nitrogen and oxygen atoms in total. The Labute approximate surface area is 173 Å². The summed E-state index contributed by atoms with van der Waals surface area (Å²) in [6.07, 6.45) is 4.45. The minimum Gasteiger partial charge on any atom is -0.361 e. The van der Waals surface area contributed by atoms with Gasteiger partial charge in [-0.1, -0.05) is 5.16 Å². The van der Waals surface area contributed by atoms with Gasteiger partial charge < -0.3 is 15.2 Å². The van der Waals surface area contributed by atoms with Crippen molar-refractivity contribution in [1.29, 1.82) is 0 Å². The molecule has 30 heavy (non-hydrogen) atoms. The van der Waals surface area contributed by atoms with Crippen LogP contribution >= 0.6 is 0 Å². The lowest BCUT2D eigenvalue weighted by Gasteiger charge is -2.08. The van der Waals surface area contributed by atoms with Gasteiger partial charge in [-0.3, -0.25) is 4.79 Å². The van der Waals surface area contributed by atoms with E-state index in [4.69, 9.17) is 4.52 Å². The highest BCUT2D eigenvalue weighted by Crippen LogP contribution is 2.19. The molecule has 0 aliphatic rings. The Bertz CT molecular complexity index is 1100. The Hall–Kier alpha value is -4.01. The van der Waals surface area contributed by atoms with Crippen molar-refractivity contribution in [2.24, 2.45) is 0 Å². The van der Waals surface area contributed by atoms with Gasteiger partial charge >= 0.3 is 0 Å². The number of anilines is 3. The molecule has 3 aromatic heterocycles. The molecule has 0 bridgehead atoms. The third-order valence-electron chi connectivity index (χ3n) is 4.61. The molecule has 152 valence electrons. The molecule has 0 unspecified atom stereocenters. The number of aryl methyl sites for hydroxylation is 2. The average Bonchev–Trinajstić information content (AvgIpc) is 3.39. The van der Waals surface area contributed by atoms with Gasteiger partial charge in [-0.05, 0) is 62.7 Å². The molecule has 9 heteroatoms. The summed E-state index contributed by atoms with van der Waals surface area (Å²) < 4.78 is 6.77. The number of aromatic nitrogens is 5. The molecule has 4 aromatic rings. The standard InChI is InChI=1S/C21H21N7O2/c1-14-18(15(2)30-27-14)8-11-21(29)24-17-6-4-16(5-7-17)23-19-9-10-20(26-25-19)28-13-3-12-22-28/h3-7,9-10,12-13H,8,11H2,1-2H3,(H,23,25)(H,24,29). The SMILES string of the molecule is Cc1noc(C)c1CCC(=O)Nc1ccc(Nc2ccc(-n3cccn3)nn2)cc1. The van der Waals surface area contributed by atoms with E-state index in [0.717, 1.165) is 28.4 Å². The fourth-order valence-corrected chi connectivity index (χ4v) is 3.02. The van der Waals surface area contributed by atoms with Gasteiger partial charge in [0, 0.05) is 35.8 Å². The first-order valence-corrected chi connectivity index (χ1v) is 9.51. The molecular formula is C21H21N7O2. The largest absolute Gasteiger partial charge is 0.361 e. The van der Waals surface area contributed by atoms with E-state index in [-0.39, 0.29) is 5.91 Å². The van der Waals surface area contributed by atoms with Crippen LogP contribution in [-0.2, 0) is 11.2 Å². The molecule has 0 spiro atoms. The van der Waals surface area contributed by atoms with Gasteiger partial charge in [0.2, 0.25) is 5.91 Å². The summed E-state index contributed by atoms with van der Waals surface area (Å²) in [5.41, 5.74) is 3.38. The van der Waals surface area contributed by atoms with E-state index >= 15 is 0 Å². The molecular weight excluding hydrogens is 382 g/mol. The zero-order chi connectivity index (χ0) is 20.9. The van der Waals surface area contributed by atoms with Crippen LogP contribution in [0, 0.1) is 13.8 Å². The van der Waals surface area contributed by atoms with Crippen LogP contribution in [0.3, 0.4) is 0 Å². The van der Waals surface area contributed by atoms with Gasteiger partial charge in [-0.2, -0.15) is 5.10 Å². The molecule has 0 aliphatic heterocycles. The molecule has 0 saturated carbocycles. The average molecular weight is 403 g/mol. The second-order valence-electron chi connectivity index (χ2n) is 6.78. The number of amides is 1. The Morgan fingerprint density at radius 1 is 1.07 bits per heavy atom. The first-order chi connectivity index (χ1) is 14.6. The summed E-state index contributed by atoms with van der Waals surface area (Å²) in [4.78, 5) is 12.2. The number of carbonyl (C=O) groups excluding carboxylic acids is 1. The lowest BCUT2D eigenvalue weighted by molar-refractivity contribution is -0.116. The minimum atomic E-state index is -0.0595. The summed E-state index contributed by atoms with van der Waals surface area (Å²) in [5.74, 6) is 1.95. The molecule has 1 aromatic carbocycles. The molecule has 0 aliphatic carbocycles. The normalized spacial score (nSPS) is 10.7. The molecule has 0 fully saturated rings. The van der Waals surface area contributed by atoms with Crippen LogP contribution in [-0.4, -0.2) is 31.0 Å². The summed E-state index contributed by atoms with van der Waals surface area (Å²) in [5, 5.41) is 22.4. The van der Waals surface area contributed by atoms with Crippen LogP contribution in [0.25, 0.3) is 5.82 Å². The second kappa shape index (κ2) is 8.56. The number of carbonyl (C=O) groups is 1. The van der Waals surface area contributed by atoms with Crippen molar-refractivity contribution in [3.8, 4) is 5.82 Å². The van der Waals surface area contributed by atoms with Gasteiger partial charge in [0.25, 0.3) is 0 Å². The van der Waals surface area contributed by atoms with Crippen LogP contribution in [0.4, 0.5) is 17.2 Å². The van der Waals surface area contributed by atoms with E-state index in [0.29, 0.717) is 24.5 Å². The first kappa shape index (κ1) is 19.3. The van der Waals surface area contributed by atoms with E-state index in [9.17, 15) is 4.79 Å². The highest BCUT2D eigenvalue weighted by Gasteiger charge is 2.11. The molecule has 0 saturated heterocycles. The Morgan fingerprint density at radius 3 is 2.50 bits per heavy atom. The molecule has 1 amide bonds. The lowest BCUT2D eigenvalue weighted by Crippen LogP contribution is -2.12. The number of hydrogen-bond acceptors (Lipinski definition) is 7. The monoisotopic (exact) mass is 403 g/mol. The van der Waals surface area contributed by atoms with Crippen molar-refractivity contribution in [2.75, 3.05) is 10.6 Å². The third-order valence-corrected chi connectivity index (χ3v) is 4.61. The van der Waals surface area contributed by atoms with E-state index in [1.165, 1.54) is 0 Å². The minimum absolute atomic E-state index is 0.0595. The first-order valence-electron chi connectivity index (χ1n) is 9.51. The molecule has 2 N–H and O–H groups in total. The molecule has 0 atom stereocenters. The van der Waals surface area contributed by atoms with Crippen molar-refractivity contribution in [3.63, 3.8) is 0 Å². The van der Waals surface area contributed by atoms with Crippen LogP contribution in [0.2, 0.25) is 0 Å². The Morgan fingerprint density at radius 2 is 1.87 bits per heavy atom. The van der Waals surface area contributed by atoms with Crippen molar-refractivity contribution in [3.05, 3.63) is 71.9 Å². The predicted octanol–water partition coefficient (Wildman–Crippen LogP) is 3.58. The van der Waals surface area contributed by atoms with Gasteiger partial charge in [0.05, 0.1) is 5.69 Å². The highest BCUT2D eigenvalue weighted by atomic mass is 16.5. The number of benzene rings is 1. The third kappa shape index (κ3) is 4.52. The van der Waals surface area contributed by atoms with Crippen LogP contribution in [0.15, 0.2) is 59.4 Å². The Balaban J connectivity index is 1.31. The van der Waals surface area contributed by atoms with Crippen LogP contribution in [0.5, 0.6) is 0 Å². The lowest BCUT2D eigenvalue weighted by atomic mass is 10.1. The highest BCUT2D eigenvalue weighted by molar-refractivity contribution is 5.91. The fourth-order valence-electron chi connectivity index (χ4n) is 3.02. The van der Waals surface area contributed by atoms with Gasteiger partial charge in [0.15, 0.2) is 11.6 Å². The predicted molar refractivity (Wildman–Crippen MR) is 112 cm³/mol. The topological polar surface area (TPSA) is 111 Å². The number of nitrogens with zero attached hydrogens (tertiary/aromatic N) is 5. The van der Waals surface area contributed by atoms with E-state index < -0.39 is 0 Å². The summed E-state index contributed by atoms with van der Waals surface area (Å²) in [7, 11) is 0. The smallest absolute Gasteiger partial charge is 0.224 e. The summed E-state index contributed by atoms with van der Waals surface area (Å²) >= 11 is 0. The van der Waals surface area contributed by atoms with E-state index in [1.54, 1.807) is 17.1 Å². The zero-order valence-corrected chi connectivity index (χ0v) is 16.7. The fraction of sp³-hybridized carbons (Fsp3) is 0.190. The maximum absolute atomic E-state index is 12.2. The molecule has 3 heterocycles. The van der Waals surface area contributed by atoms with Crippen LogP contribution in [0.1, 0.15) is 23.4 Å². The number of nitrogens with one attached hydrogen (secondary N) is 2.